The Morgan fingerprint density at radius 2 is 1.29 bits per heavy atom. The monoisotopic (exact) mass is 1300 g/mol. The second-order valence-corrected chi connectivity index (χ2v) is 39.1. The number of halogens is 4. The molecule has 0 saturated carbocycles. The average Bonchev–Trinajstić information content (AvgIpc) is 1.03. The van der Waals surface area contributed by atoms with Crippen molar-refractivity contribution in [3.8, 4) is 11.1 Å². The molecular weight excluding hydrogens is 1220 g/mol. The fourth-order valence-corrected chi connectivity index (χ4v) is 19.9. The van der Waals surface area contributed by atoms with E-state index in [0.29, 0.717) is 56.0 Å². The summed E-state index contributed by atoms with van der Waals surface area (Å²) in [5.41, 5.74) is -2.17. The van der Waals surface area contributed by atoms with E-state index in [1.54, 1.807) is 12.1 Å². The summed E-state index contributed by atoms with van der Waals surface area (Å²) >= 11 is 7.73. The van der Waals surface area contributed by atoms with E-state index in [4.69, 9.17) is 20.5 Å². The van der Waals surface area contributed by atoms with Gasteiger partial charge in [0.2, 0.25) is 0 Å². The van der Waals surface area contributed by atoms with E-state index >= 15 is 0 Å². The molecule has 1 heterocycles. The van der Waals surface area contributed by atoms with Crippen LogP contribution in [0.1, 0.15) is 82.8 Å². The number of carbonyl (C=O) groups is 1. The van der Waals surface area contributed by atoms with Crippen LogP contribution in [0, 0.1) is 5.92 Å². The van der Waals surface area contributed by atoms with Crippen LogP contribution in [0.5, 0.6) is 0 Å². The number of carbonyl (C=O) groups excluding carboxylic acids is 1. The number of piperidine rings is 1. The zero-order valence-electron chi connectivity index (χ0n) is 50.9. The average molecular weight is 1300 g/mol. The molecule has 1 amide bonds. The van der Waals surface area contributed by atoms with E-state index in [0.717, 1.165) is 62.6 Å². The minimum atomic E-state index is -6.15. The highest BCUT2D eigenvalue weighted by molar-refractivity contribution is 7.99. The molecule has 87 heavy (non-hydrogen) atoms. The first-order valence-corrected chi connectivity index (χ1v) is 38.4. The van der Waals surface area contributed by atoms with Crippen LogP contribution in [-0.4, -0.2) is 101 Å². The predicted octanol–water partition coefficient (Wildman–Crippen LogP) is 14.9. The van der Waals surface area contributed by atoms with Crippen molar-refractivity contribution < 1.29 is 43.7 Å². The molecule has 2 unspecified atom stereocenters. The topological polar surface area (TPSA) is 134 Å². The number of thioether (sulfide) groups is 1. The van der Waals surface area contributed by atoms with E-state index in [2.05, 4.69) is 112 Å². The van der Waals surface area contributed by atoms with Crippen molar-refractivity contribution in [3.63, 3.8) is 0 Å². The van der Waals surface area contributed by atoms with Gasteiger partial charge in [-0.25, -0.2) is 21.6 Å². The van der Waals surface area contributed by atoms with Gasteiger partial charge in [-0.05, 0) is 156 Å². The van der Waals surface area contributed by atoms with Gasteiger partial charge < -0.3 is 24.0 Å². The summed E-state index contributed by atoms with van der Waals surface area (Å²) in [6.07, 6.45) is 1.78. The molecule has 0 spiro atoms. The van der Waals surface area contributed by atoms with Crippen molar-refractivity contribution in [1.29, 1.82) is 0 Å². The molecule has 1 aliphatic heterocycles. The van der Waals surface area contributed by atoms with E-state index < -0.39 is 69.4 Å². The van der Waals surface area contributed by atoms with Gasteiger partial charge in [-0.15, -0.1) is 11.8 Å². The summed E-state index contributed by atoms with van der Waals surface area (Å²) in [5.74, 6) is -0.558. The summed E-state index contributed by atoms with van der Waals surface area (Å²) in [4.78, 5) is 16.7. The summed E-state index contributed by atoms with van der Waals surface area (Å²) in [7, 11) is -14.3. The van der Waals surface area contributed by atoms with Crippen LogP contribution in [0.2, 0.25) is 28.2 Å². The van der Waals surface area contributed by atoms with Crippen molar-refractivity contribution in [1.82, 2.24) is 9.62 Å². The Balaban J connectivity index is 0.963. The Labute approximate surface area is 524 Å². The van der Waals surface area contributed by atoms with Gasteiger partial charge in [-0.3, -0.25) is 4.79 Å². The standard InChI is InChI=1S/C67H80ClF3N4O7S3Si2/c1-65(2,3)86(8,9)82-63(60-28-20-19-27-59(60)49-29-33-52(68)34-30-49)50-39-43-75(44-40-50)54-35-31-51(32-36-54)64(76)73-85(79,80)56-37-38-61(62(47-56)84(77,78)67(69,70)71)72-53(48-83-55-21-13-10-14-22-55)41-42-74(7)45-46-81-87(66(4,5)6,57-23-15-11-16-24-57)58-25-17-12-18-26-58/h10-38,47,50,53,63,72H,39-46,48H2,1-9H3,(H,73,76). The highest BCUT2D eigenvalue weighted by Crippen LogP contribution is 2.47. The Bertz CT molecular complexity index is 3610. The third-order valence-corrected chi connectivity index (χ3v) is 30.6. The van der Waals surface area contributed by atoms with E-state index in [1.807, 2.05) is 109 Å². The number of benzene rings is 7. The molecule has 0 aliphatic carbocycles. The maximum atomic E-state index is 14.6. The highest BCUT2D eigenvalue weighted by Gasteiger charge is 2.51. The van der Waals surface area contributed by atoms with Crippen LogP contribution < -0.4 is 25.3 Å². The lowest BCUT2D eigenvalue weighted by Crippen LogP contribution is -2.67. The van der Waals surface area contributed by atoms with Crippen LogP contribution in [0.3, 0.4) is 0 Å². The molecule has 0 bridgehead atoms. The number of sulfone groups is 1. The zero-order valence-corrected chi connectivity index (χ0v) is 56.1. The molecule has 11 nitrogen and oxygen atoms in total. The van der Waals surface area contributed by atoms with Crippen molar-refractivity contribution in [3.05, 3.63) is 198 Å². The summed E-state index contributed by atoms with van der Waals surface area (Å²) in [6.45, 7) is 20.5. The Kier molecular flexibility index (Phi) is 21.6. The van der Waals surface area contributed by atoms with Crippen LogP contribution in [0.4, 0.5) is 24.5 Å². The van der Waals surface area contributed by atoms with Crippen molar-refractivity contribution >= 4 is 87.5 Å². The molecule has 2 N–H and O–H groups in total. The number of nitrogens with one attached hydrogen (secondary N) is 2. The fraction of sp³-hybridized carbons (Fsp3) is 0.358. The molecule has 1 fully saturated rings. The van der Waals surface area contributed by atoms with E-state index in [-0.39, 0.29) is 27.7 Å². The third-order valence-electron chi connectivity index (χ3n) is 16.8. The van der Waals surface area contributed by atoms with Crippen LogP contribution >= 0.6 is 23.4 Å². The lowest BCUT2D eigenvalue weighted by molar-refractivity contribution is -0.0436. The fourth-order valence-electron chi connectivity index (χ4n) is 10.9. The number of anilines is 2. The second kappa shape index (κ2) is 28.0. The normalized spacial score (nSPS) is 14.9. The first-order chi connectivity index (χ1) is 41.0. The minimum Gasteiger partial charge on any atom is -0.410 e. The first kappa shape index (κ1) is 67.2. The molecule has 8 rings (SSSR count). The predicted molar refractivity (Wildman–Crippen MR) is 354 cm³/mol. The SMILES string of the molecule is CN(CCO[Si](c1ccccc1)(c1ccccc1)C(C)(C)C)CCC(CSc1ccccc1)Nc1ccc(S(=O)(=O)NC(=O)c2ccc(N3CCC(C(O[Si](C)(C)C(C)(C)C)c4ccccc4-c4ccc(Cl)cc4)CC3)cc2)cc1S(=O)(=O)C(F)(F)F. The molecule has 20 heteroatoms. The summed E-state index contributed by atoms with van der Waals surface area (Å²) < 4.78 is 115. The minimum absolute atomic E-state index is 0.0291. The molecule has 1 saturated heterocycles. The van der Waals surface area contributed by atoms with Crippen LogP contribution in [-0.2, 0) is 28.7 Å². The number of sulfonamides is 1. The van der Waals surface area contributed by atoms with Gasteiger partial charge in [0.25, 0.3) is 34.1 Å². The Morgan fingerprint density at radius 3 is 1.85 bits per heavy atom. The quantitative estimate of drug-likeness (QED) is 0.0442. The lowest BCUT2D eigenvalue weighted by Gasteiger charge is -2.44. The molecule has 0 aromatic heterocycles. The zero-order chi connectivity index (χ0) is 63.0. The van der Waals surface area contributed by atoms with Gasteiger partial charge in [-0.2, -0.15) is 13.2 Å². The first-order valence-electron chi connectivity index (χ1n) is 29.3. The van der Waals surface area contributed by atoms with Gasteiger partial charge in [-0.1, -0.05) is 168 Å². The third kappa shape index (κ3) is 16.2. The van der Waals surface area contributed by atoms with Gasteiger partial charge >= 0.3 is 5.51 Å². The number of rotatable bonds is 24. The second-order valence-electron chi connectivity index (χ2n) is 24.9. The maximum Gasteiger partial charge on any atom is 0.501 e. The van der Waals surface area contributed by atoms with Crippen molar-refractivity contribution in [2.24, 2.45) is 5.92 Å². The largest absolute Gasteiger partial charge is 0.501 e. The number of hydrogen-bond donors (Lipinski definition) is 2. The van der Waals surface area contributed by atoms with Crippen molar-refractivity contribution in [2.45, 2.75) is 116 Å². The number of likely N-dealkylation sites (N-methyl/N-ethyl adjacent to an activating group) is 1. The Hall–Kier alpha value is -5.75. The smallest absolute Gasteiger partial charge is 0.410 e. The van der Waals surface area contributed by atoms with Gasteiger partial charge in [0.1, 0.15) is 4.90 Å². The maximum absolute atomic E-state index is 14.6. The van der Waals surface area contributed by atoms with Gasteiger partial charge in [0.15, 0.2) is 8.32 Å². The summed E-state index contributed by atoms with van der Waals surface area (Å²) in [6, 6.07) is 54.4. The summed E-state index contributed by atoms with van der Waals surface area (Å²) in [5, 5.41) is 5.72. The highest BCUT2D eigenvalue weighted by atomic mass is 35.5. The Morgan fingerprint density at radius 1 is 0.724 bits per heavy atom. The molecule has 464 valence electrons. The van der Waals surface area contributed by atoms with Gasteiger partial charge in [0.05, 0.1) is 16.7 Å². The molecule has 2 atom stereocenters. The van der Waals surface area contributed by atoms with Crippen molar-refractivity contribution in [2.75, 3.05) is 55.8 Å². The number of nitrogens with zero attached hydrogens (tertiary/aromatic N) is 2. The van der Waals surface area contributed by atoms with E-state index in [1.165, 1.54) is 23.9 Å². The van der Waals surface area contributed by atoms with Crippen LogP contribution in [0.25, 0.3) is 11.1 Å². The van der Waals surface area contributed by atoms with E-state index in [9.17, 15) is 34.8 Å². The molecular formula is C67H80ClF3N4O7S3Si2. The molecule has 1 aliphatic rings. The number of amides is 1. The van der Waals surface area contributed by atoms with Gasteiger partial charge in [0, 0.05) is 59.2 Å². The molecule has 0 radical (unpaired) electrons. The number of alkyl halides is 3. The number of hydrogen-bond acceptors (Lipinski definition) is 11. The lowest BCUT2D eigenvalue weighted by atomic mass is 9.84. The molecule has 7 aromatic rings. The molecule has 7 aromatic carbocycles. The van der Waals surface area contributed by atoms with Crippen LogP contribution in [0.15, 0.2) is 197 Å².